The maximum atomic E-state index is 14.1. The smallest absolute Gasteiger partial charge is 0.333 e. The number of benzene rings is 2. The first-order valence-electron chi connectivity index (χ1n) is 12.2. The molecule has 0 bridgehead atoms. The average Bonchev–Trinajstić information content (AvgIpc) is 2.92. The summed E-state index contributed by atoms with van der Waals surface area (Å²) in [6, 6.07) is 11.8. The lowest BCUT2D eigenvalue weighted by Gasteiger charge is -2.56. The molecule has 11 nitrogen and oxygen atoms in total. The van der Waals surface area contributed by atoms with Crippen LogP contribution in [-0.2, 0) is 16.0 Å². The van der Waals surface area contributed by atoms with Crippen molar-refractivity contribution in [2.45, 2.75) is 25.8 Å². The van der Waals surface area contributed by atoms with Crippen LogP contribution in [0.25, 0.3) is 0 Å². The lowest BCUT2D eigenvalue weighted by atomic mass is 9.67. The minimum Gasteiger partial charge on any atom is -0.363 e. The third-order valence-corrected chi connectivity index (χ3v) is 7.59. The number of amides is 5. The van der Waals surface area contributed by atoms with Crippen LogP contribution in [0.4, 0.5) is 16.2 Å². The van der Waals surface area contributed by atoms with E-state index in [2.05, 4.69) is 0 Å². The molecule has 0 N–H and O–H groups in total. The van der Waals surface area contributed by atoms with Gasteiger partial charge in [0.25, 0.3) is 11.6 Å². The van der Waals surface area contributed by atoms with Crippen molar-refractivity contribution in [3.8, 4) is 0 Å². The van der Waals surface area contributed by atoms with Crippen molar-refractivity contribution in [1.29, 1.82) is 0 Å². The number of hydrogen-bond acceptors (Lipinski definition) is 7. The number of barbiturate groups is 1. The average molecular weight is 506 g/mol. The molecule has 0 radical (unpaired) electrons. The van der Waals surface area contributed by atoms with Crippen LogP contribution in [0, 0.1) is 15.5 Å². The van der Waals surface area contributed by atoms with Crippen molar-refractivity contribution in [1.82, 2.24) is 14.7 Å². The first-order valence-corrected chi connectivity index (χ1v) is 12.2. The molecular weight excluding hydrogens is 478 g/mol. The Labute approximate surface area is 213 Å². The van der Waals surface area contributed by atoms with E-state index in [4.69, 9.17) is 0 Å². The van der Waals surface area contributed by atoms with Crippen LogP contribution in [0.15, 0.2) is 48.5 Å². The minimum atomic E-state index is -1.71. The van der Waals surface area contributed by atoms with E-state index < -0.39 is 34.2 Å². The second-order valence-corrected chi connectivity index (χ2v) is 9.65. The quantitative estimate of drug-likeness (QED) is 0.355. The number of hydrogen-bond donors (Lipinski definition) is 0. The van der Waals surface area contributed by atoms with Gasteiger partial charge in [-0.15, -0.1) is 0 Å². The predicted octanol–water partition coefficient (Wildman–Crippen LogP) is 2.30. The van der Waals surface area contributed by atoms with Crippen LogP contribution < -0.4 is 4.90 Å². The van der Waals surface area contributed by atoms with Gasteiger partial charge in [-0.1, -0.05) is 25.1 Å². The monoisotopic (exact) mass is 505 g/mol. The second-order valence-electron chi connectivity index (χ2n) is 9.65. The van der Waals surface area contributed by atoms with Gasteiger partial charge in [0.05, 0.1) is 11.0 Å². The van der Waals surface area contributed by atoms with Crippen LogP contribution in [0.1, 0.15) is 29.3 Å². The van der Waals surface area contributed by atoms with E-state index in [0.29, 0.717) is 36.3 Å². The molecule has 2 saturated heterocycles. The van der Waals surface area contributed by atoms with E-state index in [1.54, 1.807) is 35.2 Å². The summed E-state index contributed by atoms with van der Waals surface area (Å²) in [5.41, 5.74) is -0.173. The van der Waals surface area contributed by atoms with Crippen molar-refractivity contribution in [3.63, 3.8) is 0 Å². The molecule has 5 rings (SSSR count). The first-order chi connectivity index (χ1) is 17.7. The summed E-state index contributed by atoms with van der Waals surface area (Å²) in [7, 11) is 1.35. The molecule has 3 aliphatic heterocycles. The number of rotatable bonds is 4. The van der Waals surface area contributed by atoms with Crippen molar-refractivity contribution in [3.05, 3.63) is 69.8 Å². The zero-order valence-electron chi connectivity index (χ0n) is 20.6. The number of non-ortho nitro benzene ring substituents is 1. The molecule has 5 amide bonds. The number of nitro groups is 1. The minimum absolute atomic E-state index is 0.0869. The molecule has 0 unspecified atom stereocenters. The Bertz CT molecular complexity index is 1310. The molecule has 3 heterocycles. The van der Waals surface area contributed by atoms with E-state index in [-0.39, 0.29) is 31.1 Å². The number of nitrogens with zero attached hydrogens (tertiary/aromatic N) is 5. The fourth-order valence-electron chi connectivity index (χ4n) is 5.81. The van der Waals surface area contributed by atoms with E-state index in [1.165, 1.54) is 19.2 Å². The zero-order chi connectivity index (χ0) is 26.5. The molecule has 3 aliphatic rings. The third-order valence-electron chi connectivity index (χ3n) is 7.59. The number of piperazine rings is 1. The first kappa shape index (κ1) is 24.4. The lowest BCUT2D eigenvalue weighted by Crippen LogP contribution is -2.75. The summed E-state index contributed by atoms with van der Waals surface area (Å²) in [6.45, 7) is 2.71. The summed E-state index contributed by atoms with van der Waals surface area (Å²) in [4.78, 5) is 70.8. The van der Waals surface area contributed by atoms with Crippen LogP contribution in [0.3, 0.4) is 0 Å². The molecule has 0 saturated carbocycles. The topological polar surface area (TPSA) is 124 Å². The summed E-state index contributed by atoms with van der Waals surface area (Å²) in [6.07, 6.45) is 0.401. The molecular formula is C26H27N5O6. The summed E-state index contributed by atoms with van der Waals surface area (Å²) in [5, 5.41) is 11.5. The Kier molecular flexibility index (Phi) is 5.93. The number of urea groups is 1. The SMILES string of the molecule is CCCN1C(=O)N(C)C(=O)[C@@]2(Cc3cc([N+](=O)[O-])ccc3N3CCN(C(=O)c4ccccc4)C[C@@H]32)C1=O. The van der Waals surface area contributed by atoms with Crippen LogP contribution in [-0.4, -0.2) is 82.6 Å². The number of imide groups is 2. The van der Waals surface area contributed by atoms with E-state index >= 15 is 0 Å². The summed E-state index contributed by atoms with van der Waals surface area (Å²) >= 11 is 0. The van der Waals surface area contributed by atoms with Gasteiger partial charge in [0.1, 0.15) is 0 Å². The second kappa shape index (κ2) is 8.99. The highest BCUT2D eigenvalue weighted by Crippen LogP contribution is 2.47. The maximum absolute atomic E-state index is 14.1. The van der Waals surface area contributed by atoms with Gasteiger partial charge >= 0.3 is 6.03 Å². The van der Waals surface area contributed by atoms with Gasteiger partial charge in [-0.25, -0.2) is 4.79 Å². The molecule has 2 fully saturated rings. The molecule has 2 aromatic carbocycles. The third kappa shape index (κ3) is 3.64. The standard InChI is InChI=1S/C26H27N5O6/c1-3-11-30-24(34)26(23(33)27(2)25(30)35)15-18-14-19(31(36)37)9-10-20(18)29-13-12-28(16-21(26)29)22(32)17-7-5-4-6-8-17/h4-10,14,21H,3,11-13,15-16H2,1-2H3/t21-,26+/m1/s1. The lowest BCUT2D eigenvalue weighted by molar-refractivity contribution is -0.384. The van der Waals surface area contributed by atoms with Crippen LogP contribution >= 0.6 is 0 Å². The van der Waals surface area contributed by atoms with Crippen LogP contribution in [0.2, 0.25) is 0 Å². The highest BCUT2D eigenvalue weighted by Gasteiger charge is 2.64. The Morgan fingerprint density at radius 1 is 1.08 bits per heavy atom. The molecule has 2 aromatic rings. The maximum Gasteiger partial charge on any atom is 0.333 e. The van der Waals surface area contributed by atoms with Crippen molar-refractivity contribution in [2.24, 2.45) is 5.41 Å². The predicted molar refractivity (Wildman–Crippen MR) is 133 cm³/mol. The van der Waals surface area contributed by atoms with Gasteiger partial charge < -0.3 is 9.80 Å². The van der Waals surface area contributed by atoms with Crippen molar-refractivity contribution < 1.29 is 24.1 Å². The van der Waals surface area contributed by atoms with Gasteiger partial charge in [-0.05, 0) is 30.2 Å². The number of fused-ring (bicyclic) bond motifs is 4. The summed E-state index contributed by atoms with van der Waals surface area (Å²) < 4.78 is 0. The Hall–Kier alpha value is -4.28. The molecule has 0 aliphatic carbocycles. The normalized spacial score (nSPS) is 23.3. The number of carbonyl (C=O) groups is 4. The highest BCUT2D eigenvalue weighted by atomic mass is 16.6. The van der Waals surface area contributed by atoms with Gasteiger partial charge in [0.15, 0.2) is 5.41 Å². The van der Waals surface area contributed by atoms with E-state index in [9.17, 15) is 29.3 Å². The van der Waals surface area contributed by atoms with E-state index in [1.807, 2.05) is 17.9 Å². The largest absolute Gasteiger partial charge is 0.363 e. The van der Waals surface area contributed by atoms with Gasteiger partial charge in [0.2, 0.25) is 11.8 Å². The Morgan fingerprint density at radius 3 is 2.49 bits per heavy atom. The fourth-order valence-corrected chi connectivity index (χ4v) is 5.81. The van der Waals surface area contributed by atoms with Crippen molar-refractivity contribution >= 4 is 35.1 Å². The van der Waals surface area contributed by atoms with Crippen molar-refractivity contribution in [2.75, 3.05) is 38.1 Å². The van der Waals surface area contributed by atoms with E-state index in [0.717, 1.165) is 9.80 Å². The molecule has 1 spiro atoms. The van der Waals surface area contributed by atoms with Gasteiger partial charge in [0, 0.05) is 63.0 Å². The molecule has 2 atom stereocenters. The number of carbonyl (C=O) groups excluding carboxylic acids is 4. The number of nitro benzene ring substituents is 1. The molecule has 37 heavy (non-hydrogen) atoms. The summed E-state index contributed by atoms with van der Waals surface area (Å²) in [5.74, 6) is -1.49. The van der Waals surface area contributed by atoms with Gasteiger partial charge in [-0.3, -0.25) is 34.3 Å². The number of anilines is 1. The Balaban J connectivity index is 1.64. The molecule has 11 heteroatoms. The Morgan fingerprint density at radius 2 is 1.81 bits per heavy atom. The molecule has 0 aromatic heterocycles. The highest BCUT2D eigenvalue weighted by molar-refractivity contribution is 6.20. The zero-order valence-corrected chi connectivity index (χ0v) is 20.6. The van der Waals surface area contributed by atoms with Crippen LogP contribution in [0.5, 0.6) is 0 Å². The molecule has 192 valence electrons. The van der Waals surface area contributed by atoms with Gasteiger partial charge in [-0.2, -0.15) is 0 Å². The fraction of sp³-hybridized carbons (Fsp3) is 0.385.